The largest absolute Gasteiger partial charge is 0.327 e. The van der Waals surface area contributed by atoms with E-state index in [-0.39, 0.29) is 17.5 Å². The second-order valence-corrected chi connectivity index (χ2v) is 4.88. The zero-order valence-electron chi connectivity index (χ0n) is 12.5. The lowest BCUT2D eigenvalue weighted by Crippen LogP contribution is -2.46. The molecule has 0 N–H and O–H groups in total. The molecule has 22 heavy (non-hydrogen) atoms. The Bertz CT molecular complexity index is 627. The molecule has 1 aromatic carbocycles. The van der Waals surface area contributed by atoms with Gasteiger partial charge in [-0.25, -0.2) is 5.06 Å². The summed E-state index contributed by atoms with van der Waals surface area (Å²) in [5.74, 6) is -0.585. The first-order chi connectivity index (χ1) is 10.6. The van der Waals surface area contributed by atoms with Crippen LogP contribution in [0.2, 0.25) is 0 Å². The Morgan fingerprint density at radius 1 is 1.45 bits per heavy atom. The van der Waals surface area contributed by atoms with E-state index in [2.05, 4.69) is 10.0 Å². The maximum atomic E-state index is 12.7. The molecule has 0 aliphatic carbocycles. The lowest BCUT2D eigenvalue weighted by atomic mass is 10.1. The fourth-order valence-electron chi connectivity index (χ4n) is 2.51. The summed E-state index contributed by atoms with van der Waals surface area (Å²) in [6.07, 6.45) is 1.32. The first-order valence-electron chi connectivity index (χ1n) is 6.87. The minimum Gasteiger partial charge on any atom is -0.327 e. The molecule has 1 fully saturated rings. The van der Waals surface area contributed by atoms with Gasteiger partial charge in [-0.1, -0.05) is 23.3 Å². The van der Waals surface area contributed by atoms with E-state index in [0.717, 1.165) is 11.5 Å². The van der Waals surface area contributed by atoms with Crippen LogP contribution in [-0.4, -0.2) is 48.5 Å². The summed E-state index contributed by atoms with van der Waals surface area (Å²) in [5, 5.41) is 4.65. The Kier molecular flexibility index (Phi) is 4.98. The monoisotopic (exact) mass is 303 g/mol. The van der Waals surface area contributed by atoms with Gasteiger partial charge in [0.05, 0.1) is 12.8 Å². The van der Waals surface area contributed by atoms with Crippen LogP contribution in [0.4, 0.5) is 5.69 Å². The molecule has 1 aliphatic heterocycles. The van der Waals surface area contributed by atoms with Crippen molar-refractivity contribution >= 4 is 17.5 Å². The van der Waals surface area contributed by atoms with E-state index >= 15 is 0 Å². The lowest BCUT2D eigenvalue weighted by molar-refractivity contribution is -0.172. The van der Waals surface area contributed by atoms with E-state index in [4.69, 9.17) is 10.4 Å². The second kappa shape index (κ2) is 6.93. The molecule has 1 heterocycles. The number of nitrogens with zero attached hydrogens (tertiary/aromatic N) is 5. The first-order valence-corrected chi connectivity index (χ1v) is 6.87. The van der Waals surface area contributed by atoms with Crippen LogP contribution in [0.1, 0.15) is 23.2 Å². The van der Waals surface area contributed by atoms with Crippen LogP contribution >= 0.6 is 0 Å². The normalized spacial score (nSPS) is 17.0. The average molecular weight is 303 g/mol. The summed E-state index contributed by atoms with van der Waals surface area (Å²) in [5.41, 5.74) is 9.14. The molecule has 1 aromatic rings. The van der Waals surface area contributed by atoms with Gasteiger partial charge in [0.25, 0.3) is 11.8 Å². The molecule has 1 saturated heterocycles. The lowest BCUT2D eigenvalue weighted by Gasteiger charge is -2.27. The highest BCUT2D eigenvalue weighted by Crippen LogP contribution is 2.26. The van der Waals surface area contributed by atoms with Crippen LogP contribution in [0.3, 0.4) is 0 Å². The standard InChI is InChI=1S/C14H17N5O3/c1-18(22-2)14(21)12-8-5-9-19(12)13(20)10-6-3-4-7-11(10)16-17-15/h3-4,6-7,12H,5,8-9H2,1-2H3/t12-/m0/s1. The summed E-state index contributed by atoms with van der Waals surface area (Å²) < 4.78 is 0. The highest BCUT2D eigenvalue weighted by molar-refractivity contribution is 6.01. The van der Waals surface area contributed by atoms with Gasteiger partial charge in [-0.3, -0.25) is 14.4 Å². The molecule has 116 valence electrons. The van der Waals surface area contributed by atoms with Crippen LogP contribution in [0.25, 0.3) is 10.4 Å². The zero-order valence-corrected chi connectivity index (χ0v) is 12.5. The molecule has 0 radical (unpaired) electrons. The predicted molar refractivity (Wildman–Crippen MR) is 79.1 cm³/mol. The van der Waals surface area contributed by atoms with Crippen LogP contribution < -0.4 is 0 Å². The summed E-state index contributed by atoms with van der Waals surface area (Å²) in [6, 6.07) is 5.98. The topological polar surface area (TPSA) is 98.6 Å². The van der Waals surface area contributed by atoms with Crippen molar-refractivity contribution < 1.29 is 14.4 Å². The molecule has 2 rings (SSSR count). The SMILES string of the molecule is CON(C)C(=O)[C@@H]1CCCN1C(=O)c1ccccc1N=[N+]=[N-]. The summed E-state index contributed by atoms with van der Waals surface area (Å²) in [7, 11) is 2.91. The van der Waals surface area contributed by atoms with Crippen molar-refractivity contribution in [3.63, 3.8) is 0 Å². The molecule has 0 saturated carbocycles. The molecule has 2 amide bonds. The molecular formula is C14H17N5O3. The minimum absolute atomic E-state index is 0.258. The van der Waals surface area contributed by atoms with Crippen molar-refractivity contribution in [2.45, 2.75) is 18.9 Å². The Labute approximate surface area is 127 Å². The van der Waals surface area contributed by atoms with Gasteiger partial charge in [-0.2, -0.15) is 0 Å². The third-order valence-electron chi connectivity index (χ3n) is 3.67. The summed E-state index contributed by atoms with van der Waals surface area (Å²) in [6.45, 7) is 0.484. The smallest absolute Gasteiger partial charge is 0.268 e. The van der Waals surface area contributed by atoms with E-state index in [1.54, 1.807) is 24.3 Å². The molecular weight excluding hydrogens is 286 g/mol. The van der Waals surface area contributed by atoms with Gasteiger partial charge in [0.1, 0.15) is 6.04 Å². The van der Waals surface area contributed by atoms with Crippen molar-refractivity contribution in [2.24, 2.45) is 5.11 Å². The first kappa shape index (κ1) is 15.8. The maximum absolute atomic E-state index is 12.7. The van der Waals surface area contributed by atoms with Gasteiger partial charge in [-0.15, -0.1) is 0 Å². The van der Waals surface area contributed by atoms with Crippen LogP contribution in [0, 0.1) is 0 Å². The number of carbonyl (C=O) groups excluding carboxylic acids is 2. The van der Waals surface area contributed by atoms with Crippen molar-refractivity contribution in [2.75, 3.05) is 20.7 Å². The highest BCUT2D eigenvalue weighted by atomic mass is 16.7. The molecule has 1 atom stereocenters. The van der Waals surface area contributed by atoms with E-state index < -0.39 is 6.04 Å². The Morgan fingerprint density at radius 2 is 2.18 bits per heavy atom. The number of hydroxylamine groups is 2. The van der Waals surface area contributed by atoms with E-state index in [9.17, 15) is 9.59 Å². The average Bonchev–Trinajstić information content (AvgIpc) is 3.03. The Hall–Kier alpha value is -2.57. The number of azide groups is 1. The summed E-state index contributed by atoms with van der Waals surface area (Å²) >= 11 is 0. The zero-order chi connectivity index (χ0) is 16.1. The van der Waals surface area contributed by atoms with Crippen molar-refractivity contribution in [3.05, 3.63) is 40.3 Å². The van der Waals surface area contributed by atoms with Crippen molar-refractivity contribution in [3.8, 4) is 0 Å². The molecule has 1 aliphatic rings. The van der Waals surface area contributed by atoms with E-state index in [1.807, 2.05) is 0 Å². The fourth-order valence-corrected chi connectivity index (χ4v) is 2.51. The Morgan fingerprint density at radius 3 is 2.86 bits per heavy atom. The molecule has 8 nitrogen and oxygen atoms in total. The van der Waals surface area contributed by atoms with Crippen LogP contribution in [0.15, 0.2) is 29.4 Å². The van der Waals surface area contributed by atoms with Gasteiger partial charge >= 0.3 is 0 Å². The Balaban J connectivity index is 2.29. The number of hydrogen-bond acceptors (Lipinski definition) is 4. The third-order valence-corrected chi connectivity index (χ3v) is 3.67. The van der Waals surface area contributed by atoms with Gasteiger partial charge in [0.15, 0.2) is 0 Å². The maximum Gasteiger partial charge on any atom is 0.268 e. The minimum atomic E-state index is -0.559. The number of hydrogen-bond donors (Lipinski definition) is 0. The van der Waals surface area contributed by atoms with Gasteiger partial charge in [0.2, 0.25) is 0 Å². The number of likely N-dealkylation sites (tertiary alicyclic amines) is 1. The highest BCUT2D eigenvalue weighted by Gasteiger charge is 2.36. The second-order valence-electron chi connectivity index (χ2n) is 4.88. The van der Waals surface area contributed by atoms with Gasteiger partial charge in [0, 0.05) is 24.1 Å². The van der Waals surface area contributed by atoms with Crippen LogP contribution in [0.5, 0.6) is 0 Å². The number of amides is 2. The van der Waals surface area contributed by atoms with E-state index in [0.29, 0.717) is 18.5 Å². The number of rotatable bonds is 4. The quantitative estimate of drug-likeness (QED) is 0.369. The number of benzene rings is 1. The molecule has 0 bridgehead atoms. The number of carbonyl (C=O) groups is 2. The molecule has 0 aromatic heterocycles. The van der Waals surface area contributed by atoms with Crippen molar-refractivity contribution in [1.29, 1.82) is 0 Å². The molecule has 8 heteroatoms. The predicted octanol–water partition coefficient (Wildman–Crippen LogP) is 2.25. The van der Waals surface area contributed by atoms with Gasteiger partial charge < -0.3 is 4.90 Å². The van der Waals surface area contributed by atoms with Crippen molar-refractivity contribution in [1.82, 2.24) is 9.96 Å². The van der Waals surface area contributed by atoms with Crippen LogP contribution in [-0.2, 0) is 9.63 Å². The van der Waals surface area contributed by atoms with E-state index in [1.165, 1.54) is 19.1 Å². The number of likely N-dealkylation sites (N-methyl/N-ethyl adjacent to an activating group) is 1. The molecule has 0 unspecified atom stereocenters. The van der Waals surface area contributed by atoms with Gasteiger partial charge in [-0.05, 0) is 24.4 Å². The molecule has 0 spiro atoms. The summed E-state index contributed by atoms with van der Waals surface area (Å²) in [4.78, 5) is 34.1. The third kappa shape index (κ3) is 3.03. The fraction of sp³-hybridized carbons (Fsp3) is 0.429.